The number of H-pyrrole nitrogens is 1. The predicted molar refractivity (Wildman–Crippen MR) is 89.8 cm³/mol. The van der Waals surface area contributed by atoms with E-state index in [1.807, 2.05) is 25.1 Å². The van der Waals surface area contributed by atoms with E-state index >= 15 is 0 Å². The number of aliphatic hydroxyl groups is 1. The molecule has 2 heterocycles. The maximum absolute atomic E-state index is 12.8. The van der Waals surface area contributed by atoms with Crippen molar-refractivity contribution in [2.75, 3.05) is 33.7 Å². The van der Waals surface area contributed by atoms with Crippen molar-refractivity contribution in [1.29, 1.82) is 0 Å². The molecular weight excluding hydrogens is 294 g/mol. The first kappa shape index (κ1) is 17.7. The zero-order valence-corrected chi connectivity index (χ0v) is 14.5. The summed E-state index contributed by atoms with van der Waals surface area (Å²) in [5.41, 5.74) is 0.561. The Morgan fingerprint density at radius 1 is 1.35 bits per heavy atom. The fraction of sp³-hybridized carbons (Fsp3) is 0.647. The largest absolute Gasteiger partial charge is 0.388 e. The van der Waals surface area contributed by atoms with Gasteiger partial charge in [-0.25, -0.2) is 0 Å². The summed E-state index contributed by atoms with van der Waals surface area (Å²) in [5.74, 6) is -0.238. The van der Waals surface area contributed by atoms with Gasteiger partial charge in [0.1, 0.15) is 5.56 Å². The number of likely N-dealkylation sites (tertiary alicyclic amines) is 1. The summed E-state index contributed by atoms with van der Waals surface area (Å²) >= 11 is 0. The smallest absolute Gasteiger partial charge is 0.261 e. The van der Waals surface area contributed by atoms with Crippen LogP contribution in [-0.4, -0.2) is 65.1 Å². The van der Waals surface area contributed by atoms with E-state index < -0.39 is 5.60 Å². The van der Waals surface area contributed by atoms with Crippen LogP contribution >= 0.6 is 0 Å². The maximum Gasteiger partial charge on any atom is 0.261 e. The zero-order chi connectivity index (χ0) is 17.2. The average molecular weight is 321 g/mol. The lowest BCUT2D eigenvalue weighted by molar-refractivity contribution is 0.00304. The monoisotopic (exact) mass is 321 g/mol. The van der Waals surface area contributed by atoms with Gasteiger partial charge in [0.25, 0.3) is 11.5 Å². The van der Waals surface area contributed by atoms with E-state index in [4.69, 9.17) is 0 Å². The first-order valence-electron chi connectivity index (χ1n) is 8.09. The summed E-state index contributed by atoms with van der Waals surface area (Å²) in [6, 6.07) is 1.81. The van der Waals surface area contributed by atoms with Crippen molar-refractivity contribution < 1.29 is 9.90 Å². The minimum absolute atomic E-state index is 0.216. The number of aromatic amines is 1. The Hall–Kier alpha value is -1.66. The molecule has 1 saturated heterocycles. The molecule has 1 aliphatic rings. The third-order valence-electron chi connectivity index (χ3n) is 4.39. The van der Waals surface area contributed by atoms with Gasteiger partial charge in [0.2, 0.25) is 0 Å². The summed E-state index contributed by atoms with van der Waals surface area (Å²) < 4.78 is 0. The molecule has 6 nitrogen and oxygen atoms in total. The Labute approximate surface area is 137 Å². The molecular formula is C17H27N3O3. The molecule has 1 unspecified atom stereocenters. The molecule has 6 heteroatoms. The molecule has 0 spiro atoms. The summed E-state index contributed by atoms with van der Waals surface area (Å²) in [5, 5.41) is 10.7. The van der Waals surface area contributed by atoms with Gasteiger partial charge in [0.15, 0.2) is 0 Å². The maximum atomic E-state index is 12.8. The molecule has 0 aromatic carbocycles. The van der Waals surface area contributed by atoms with Crippen molar-refractivity contribution in [3.05, 3.63) is 33.2 Å². The van der Waals surface area contributed by atoms with E-state index in [9.17, 15) is 14.7 Å². The van der Waals surface area contributed by atoms with Gasteiger partial charge < -0.3 is 19.9 Å². The minimum Gasteiger partial charge on any atom is -0.388 e. The molecule has 0 saturated carbocycles. The van der Waals surface area contributed by atoms with Crippen LogP contribution in [0, 0.1) is 13.8 Å². The van der Waals surface area contributed by atoms with Gasteiger partial charge in [-0.1, -0.05) is 0 Å². The van der Waals surface area contributed by atoms with Crippen molar-refractivity contribution in [2.24, 2.45) is 0 Å². The number of carbonyl (C=O) groups excluding carboxylic acids is 1. The van der Waals surface area contributed by atoms with Gasteiger partial charge in [-0.3, -0.25) is 9.59 Å². The molecule has 0 radical (unpaired) electrons. The molecule has 2 rings (SSSR count). The zero-order valence-electron chi connectivity index (χ0n) is 14.5. The second kappa shape index (κ2) is 6.84. The number of carbonyl (C=O) groups is 1. The molecule has 0 aliphatic carbocycles. The number of pyridine rings is 1. The molecule has 23 heavy (non-hydrogen) atoms. The number of nitrogens with one attached hydrogen (secondary N) is 1. The van der Waals surface area contributed by atoms with Gasteiger partial charge in [0, 0.05) is 25.3 Å². The van der Waals surface area contributed by atoms with Gasteiger partial charge in [0.05, 0.1) is 5.60 Å². The van der Waals surface area contributed by atoms with Crippen LogP contribution in [0.4, 0.5) is 0 Å². The number of rotatable bonds is 3. The van der Waals surface area contributed by atoms with E-state index in [1.165, 1.54) is 0 Å². The van der Waals surface area contributed by atoms with Crippen molar-refractivity contribution in [3.8, 4) is 0 Å². The number of aromatic nitrogens is 1. The van der Waals surface area contributed by atoms with E-state index in [1.54, 1.807) is 18.7 Å². The normalized spacial score (nSPS) is 22.3. The Balaban J connectivity index is 2.17. The lowest BCUT2D eigenvalue weighted by Gasteiger charge is -2.30. The summed E-state index contributed by atoms with van der Waals surface area (Å²) in [7, 11) is 3.86. The van der Waals surface area contributed by atoms with Crippen LogP contribution in [0.3, 0.4) is 0 Å². The number of nitrogens with zero attached hydrogens (tertiary/aromatic N) is 2. The highest BCUT2D eigenvalue weighted by atomic mass is 16.3. The Morgan fingerprint density at radius 2 is 2.04 bits per heavy atom. The number of aryl methyl sites for hydroxylation is 2. The lowest BCUT2D eigenvalue weighted by atomic mass is 9.94. The standard InChI is InChI=1S/C17H27N3O3/c1-12-10-13(2)18-15(21)14(12)16(22)20-8-5-6-17(23,7-9-20)11-19(3)4/h10,23H,5-9,11H2,1-4H3,(H,18,21). The number of likely N-dealkylation sites (N-methyl/N-ethyl adjacent to an activating group) is 1. The SMILES string of the molecule is Cc1cc(C)c(C(=O)N2CCCC(O)(CN(C)C)CC2)c(=O)[nH]1. The molecule has 2 N–H and O–H groups in total. The van der Waals surface area contributed by atoms with Crippen LogP contribution in [-0.2, 0) is 0 Å². The quantitative estimate of drug-likeness (QED) is 0.867. The molecule has 1 aromatic heterocycles. The topological polar surface area (TPSA) is 76.6 Å². The van der Waals surface area contributed by atoms with Crippen molar-refractivity contribution in [2.45, 2.75) is 38.7 Å². The molecule has 1 fully saturated rings. The number of hydrogen-bond acceptors (Lipinski definition) is 4. The summed E-state index contributed by atoms with van der Waals surface area (Å²) in [6.45, 7) is 5.21. The summed E-state index contributed by atoms with van der Waals surface area (Å²) in [4.78, 5) is 31.3. The summed E-state index contributed by atoms with van der Waals surface area (Å²) in [6.07, 6.45) is 1.93. The molecule has 1 aliphatic heterocycles. The number of amides is 1. The van der Waals surface area contributed by atoms with E-state index in [0.717, 1.165) is 12.1 Å². The van der Waals surface area contributed by atoms with E-state index in [0.29, 0.717) is 38.0 Å². The molecule has 1 amide bonds. The minimum atomic E-state index is -0.771. The molecule has 1 atom stereocenters. The fourth-order valence-corrected chi connectivity index (χ4v) is 3.41. The second-order valence-corrected chi connectivity index (χ2v) is 6.95. The van der Waals surface area contributed by atoms with Gasteiger partial charge in [-0.05, 0) is 58.8 Å². The van der Waals surface area contributed by atoms with Crippen LogP contribution in [0.5, 0.6) is 0 Å². The highest BCUT2D eigenvalue weighted by Gasteiger charge is 2.33. The molecule has 0 bridgehead atoms. The third kappa shape index (κ3) is 4.20. The highest BCUT2D eigenvalue weighted by molar-refractivity contribution is 5.95. The first-order chi connectivity index (χ1) is 10.7. The van der Waals surface area contributed by atoms with Gasteiger partial charge in [-0.2, -0.15) is 0 Å². The van der Waals surface area contributed by atoms with E-state index in [2.05, 4.69) is 4.98 Å². The van der Waals surface area contributed by atoms with Crippen molar-refractivity contribution >= 4 is 5.91 Å². The molecule has 128 valence electrons. The van der Waals surface area contributed by atoms with Crippen LogP contribution in [0.1, 0.15) is 40.9 Å². The predicted octanol–water partition coefficient (Wildman–Crippen LogP) is 0.911. The Morgan fingerprint density at radius 3 is 2.65 bits per heavy atom. The second-order valence-electron chi connectivity index (χ2n) is 6.95. The van der Waals surface area contributed by atoms with Crippen LogP contribution in [0.25, 0.3) is 0 Å². The Bertz CT molecular complexity index is 638. The van der Waals surface area contributed by atoms with Crippen LogP contribution in [0.15, 0.2) is 10.9 Å². The molecule has 1 aromatic rings. The highest BCUT2D eigenvalue weighted by Crippen LogP contribution is 2.24. The third-order valence-corrected chi connectivity index (χ3v) is 4.39. The lowest BCUT2D eigenvalue weighted by Crippen LogP contribution is -2.42. The van der Waals surface area contributed by atoms with Crippen LogP contribution < -0.4 is 5.56 Å². The van der Waals surface area contributed by atoms with E-state index in [-0.39, 0.29) is 17.0 Å². The fourth-order valence-electron chi connectivity index (χ4n) is 3.41. The average Bonchev–Trinajstić information content (AvgIpc) is 2.58. The van der Waals surface area contributed by atoms with Gasteiger partial charge >= 0.3 is 0 Å². The Kier molecular flexibility index (Phi) is 5.26. The first-order valence-corrected chi connectivity index (χ1v) is 8.09. The van der Waals surface area contributed by atoms with Gasteiger partial charge in [-0.15, -0.1) is 0 Å². The van der Waals surface area contributed by atoms with Crippen molar-refractivity contribution in [1.82, 2.24) is 14.8 Å². The van der Waals surface area contributed by atoms with Crippen LogP contribution in [0.2, 0.25) is 0 Å². The van der Waals surface area contributed by atoms with Crippen molar-refractivity contribution in [3.63, 3.8) is 0 Å². The number of hydrogen-bond donors (Lipinski definition) is 2.